The van der Waals surface area contributed by atoms with Gasteiger partial charge in [0.2, 0.25) is 0 Å². The van der Waals surface area contributed by atoms with E-state index >= 15 is 0 Å². The van der Waals surface area contributed by atoms with Crippen molar-refractivity contribution in [3.63, 3.8) is 0 Å². The van der Waals surface area contributed by atoms with Gasteiger partial charge in [-0.25, -0.2) is 4.79 Å². The molecule has 0 radical (unpaired) electrons. The molecule has 1 atom stereocenters. The number of benzene rings is 2. The molecule has 0 aliphatic heterocycles. The van der Waals surface area contributed by atoms with E-state index in [1.54, 1.807) is 36.4 Å². The van der Waals surface area contributed by atoms with E-state index in [-0.39, 0.29) is 5.91 Å². The molecule has 0 saturated heterocycles. The van der Waals surface area contributed by atoms with E-state index in [0.717, 1.165) is 5.56 Å². The predicted octanol–water partition coefficient (Wildman–Crippen LogP) is 2.30. The van der Waals surface area contributed by atoms with Gasteiger partial charge in [-0.3, -0.25) is 9.59 Å². The molecular weight excluding hydrogens is 320 g/mol. The third kappa shape index (κ3) is 5.76. The summed E-state index contributed by atoms with van der Waals surface area (Å²) in [5, 5.41) is 5.17. The SMILES string of the molecule is Cc1cccc(NC(=O)COC(=O)[C@H](C)NC(=O)c2ccccc2)c1. The number of ether oxygens (including phenoxy) is 1. The molecular formula is C19H20N2O4. The molecule has 25 heavy (non-hydrogen) atoms. The third-order valence-corrected chi connectivity index (χ3v) is 3.38. The van der Waals surface area contributed by atoms with Gasteiger partial charge in [-0.2, -0.15) is 0 Å². The van der Waals surface area contributed by atoms with Crippen molar-refractivity contribution in [3.8, 4) is 0 Å². The minimum atomic E-state index is -0.862. The molecule has 0 unspecified atom stereocenters. The van der Waals surface area contributed by atoms with Crippen molar-refractivity contribution < 1.29 is 19.1 Å². The highest BCUT2D eigenvalue weighted by Gasteiger charge is 2.19. The third-order valence-electron chi connectivity index (χ3n) is 3.38. The van der Waals surface area contributed by atoms with Gasteiger partial charge in [0.05, 0.1) is 0 Å². The van der Waals surface area contributed by atoms with Crippen molar-refractivity contribution in [3.05, 3.63) is 65.7 Å². The number of aryl methyl sites for hydroxylation is 1. The second kappa shape index (κ2) is 8.63. The Morgan fingerprint density at radius 2 is 1.76 bits per heavy atom. The number of esters is 1. The highest BCUT2D eigenvalue weighted by Crippen LogP contribution is 2.09. The lowest BCUT2D eigenvalue weighted by molar-refractivity contribution is -0.148. The maximum Gasteiger partial charge on any atom is 0.328 e. The van der Waals surface area contributed by atoms with Crippen LogP contribution in [-0.4, -0.2) is 30.4 Å². The summed E-state index contributed by atoms with van der Waals surface area (Å²) in [7, 11) is 0. The molecule has 2 N–H and O–H groups in total. The molecule has 2 amide bonds. The van der Waals surface area contributed by atoms with Crippen LogP contribution in [0.25, 0.3) is 0 Å². The van der Waals surface area contributed by atoms with Gasteiger partial charge in [-0.1, -0.05) is 30.3 Å². The van der Waals surface area contributed by atoms with E-state index in [1.807, 2.05) is 25.1 Å². The van der Waals surface area contributed by atoms with Gasteiger partial charge in [-0.05, 0) is 43.7 Å². The minimum absolute atomic E-state index is 0.380. The first-order valence-corrected chi connectivity index (χ1v) is 7.85. The average molecular weight is 340 g/mol. The normalized spacial score (nSPS) is 11.3. The number of hydrogen-bond acceptors (Lipinski definition) is 4. The van der Waals surface area contributed by atoms with Gasteiger partial charge in [0.1, 0.15) is 6.04 Å². The maximum atomic E-state index is 12.0. The molecule has 0 heterocycles. The second-order valence-corrected chi connectivity index (χ2v) is 5.59. The summed E-state index contributed by atoms with van der Waals surface area (Å²) >= 11 is 0. The van der Waals surface area contributed by atoms with Crippen LogP contribution >= 0.6 is 0 Å². The second-order valence-electron chi connectivity index (χ2n) is 5.59. The number of anilines is 1. The van der Waals surface area contributed by atoms with E-state index in [9.17, 15) is 14.4 Å². The molecule has 0 bridgehead atoms. The Bertz CT molecular complexity index is 759. The largest absolute Gasteiger partial charge is 0.454 e. The monoisotopic (exact) mass is 340 g/mol. The Hall–Kier alpha value is -3.15. The van der Waals surface area contributed by atoms with Gasteiger partial charge in [0.15, 0.2) is 6.61 Å². The fraction of sp³-hybridized carbons (Fsp3) is 0.211. The van der Waals surface area contributed by atoms with E-state index in [0.29, 0.717) is 11.3 Å². The molecule has 6 nitrogen and oxygen atoms in total. The van der Waals surface area contributed by atoms with Crippen LogP contribution < -0.4 is 10.6 Å². The number of nitrogens with one attached hydrogen (secondary N) is 2. The number of rotatable bonds is 6. The summed E-state index contributed by atoms with van der Waals surface area (Å²) < 4.78 is 4.94. The fourth-order valence-corrected chi connectivity index (χ4v) is 2.11. The Kier molecular flexibility index (Phi) is 6.28. The molecule has 130 valence electrons. The number of carbonyl (C=O) groups excluding carboxylic acids is 3. The van der Waals surface area contributed by atoms with Crippen LogP contribution in [0.2, 0.25) is 0 Å². The van der Waals surface area contributed by atoms with E-state index < -0.39 is 24.5 Å². The molecule has 2 aromatic rings. The van der Waals surface area contributed by atoms with Gasteiger partial charge >= 0.3 is 5.97 Å². The zero-order valence-corrected chi connectivity index (χ0v) is 14.1. The Morgan fingerprint density at radius 3 is 2.44 bits per heavy atom. The Morgan fingerprint density at radius 1 is 1.04 bits per heavy atom. The summed E-state index contributed by atoms with van der Waals surface area (Å²) in [5.41, 5.74) is 2.08. The zero-order valence-electron chi connectivity index (χ0n) is 14.1. The van der Waals surface area contributed by atoms with Gasteiger partial charge in [0, 0.05) is 11.3 Å². The summed E-state index contributed by atoms with van der Waals surface area (Å²) in [5.74, 6) is -1.50. The summed E-state index contributed by atoms with van der Waals surface area (Å²) in [6.45, 7) is 2.99. The maximum absolute atomic E-state index is 12.0. The van der Waals surface area contributed by atoms with Crippen LogP contribution in [0, 0.1) is 6.92 Å². The molecule has 0 saturated carbocycles. The average Bonchev–Trinajstić information content (AvgIpc) is 2.60. The van der Waals surface area contributed by atoms with Gasteiger partial charge < -0.3 is 15.4 Å². The smallest absolute Gasteiger partial charge is 0.328 e. The van der Waals surface area contributed by atoms with Crippen LogP contribution in [0.1, 0.15) is 22.8 Å². The highest BCUT2D eigenvalue weighted by atomic mass is 16.5. The molecule has 0 aliphatic carbocycles. The first-order valence-electron chi connectivity index (χ1n) is 7.85. The molecule has 0 spiro atoms. The first-order chi connectivity index (χ1) is 12.0. The summed E-state index contributed by atoms with van der Waals surface area (Å²) in [4.78, 5) is 35.7. The van der Waals surface area contributed by atoms with Crippen molar-refractivity contribution in [2.75, 3.05) is 11.9 Å². The Balaban J connectivity index is 1.79. The standard InChI is InChI=1S/C19H20N2O4/c1-13-7-6-10-16(11-13)21-17(22)12-25-19(24)14(2)20-18(23)15-8-4-3-5-9-15/h3-11,14H,12H2,1-2H3,(H,20,23)(H,21,22)/t14-/m0/s1. The lowest BCUT2D eigenvalue weighted by atomic mass is 10.2. The molecule has 0 fully saturated rings. The fourth-order valence-electron chi connectivity index (χ4n) is 2.11. The molecule has 0 aliphatic rings. The molecule has 0 aromatic heterocycles. The minimum Gasteiger partial charge on any atom is -0.454 e. The molecule has 2 aromatic carbocycles. The van der Waals surface area contributed by atoms with E-state index in [4.69, 9.17) is 4.74 Å². The zero-order chi connectivity index (χ0) is 18.2. The number of carbonyl (C=O) groups is 3. The van der Waals surface area contributed by atoms with Crippen molar-refractivity contribution in [1.29, 1.82) is 0 Å². The van der Waals surface area contributed by atoms with Crippen molar-refractivity contribution in [1.82, 2.24) is 5.32 Å². The first kappa shape index (κ1) is 18.2. The Labute approximate surface area is 146 Å². The van der Waals surface area contributed by atoms with Crippen molar-refractivity contribution >= 4 is 23.5 Å². The molecule has 2 rings (SSSR count). The van der Waals surface area contributed by atoms with Crippen LogP contribution in [-0.2, 0) is 14.3 Å². The van der Waals surface area contributed by atoms with Gasteiger partial charge in [0.25, 0.3) is 11.8 Å². The van der Waals surface area contributed by atoms with E-state index in [2.05, 4.69) is 10.6 Å². The van der Waals surface area contributed by atoms with Crippen LogP contribution in [0.4, 0.5) is 5.69 Å². The lowest BCUT2D eigenvalue weighted by Crippen LogP contribution is -2.40. The number of hydrogen-bond donors (Lipinski definition) is 2. The quantitative estimate of drug-likeness (QED) is 0.790. The highest BCUT2D eigenvalue weighted by molar-refractivity contribution is 5.97. The van der Waals surface area contributed by atoms with Gasteiger partial charge in [-0.15, -0.1) is 0 Å². The lowest BCUT2D eigenvalue weighted by Gasteiger charge is -2.13. The molecule has 6 heteroatoms. The van der Waals surface area contributed by atoms with Crippen LogP contribution in [0.3, 0.4) is 0 Å². The van der Waals surface area contributed by atoms with Crippen molar-refractivity contribution in [2.45, 2.75) is 19.9 Å². The van der Waals surface area contributed by atoms with E-state index in [1.165, 1.54) is 6.92 Å². The van der Waals surface area contributed by atoms with Crippen molar-refractivity contribution in [2.24, 2.45) is 0 Å². The number of amides is 2. The predicted molar refractivity (Wildman–Crippen MR) is 94.1 cm³/mol. The van der Waals surface area contributed by atoms with Crippen LogP contribution in [0.15, 0.2) is 54.6 Å². The topological polar surface area (TPSA) is 84.5 Å². The summed E-state index contributed by atoms with van der Waals surface area (Å²) in [6, 6.07) is 15.0. The summed E-state index contributed by atoms with van der Waals surface area (Å²) in [6.07, 6.45) is 0. The van der Waals surface area contributed by atoms with Crippen LogP contribution in [0.5, 0.6) is 0 Å².